The third-order valence-corrected chi connectivity index (χ3v) is 2.52. The van der Waals surface area contributed by atoms with E-state index in [1.165, 1.54) is 10.7 Å². The first-order valence-corrected chi connectivity index (χ1v) is 5.52. The SMILES string of the molecule is COC(F)COc1ccc[c]([SnH])c1. The summed E-state index contributed by atoms with van der Waals surface area (Å²) >= 11 is 1.03. The van der Waals surface area contributed by atoms with Gasteiger partial charge < -0.3 is 0 Å². The van der Waals surface area contributed by atoms with Crippen LogP contribution in [0.2, 0.25) is 0 Å². The Hall–Kier alpha value is -0.291. The third-order valence-electron chi connectivity index (χ3n) is 1.49. The summed E-state index contributed by atoms with van der Waals surface area (Å²) in [5, 5.41) is 0. The van der Waals surface area contributed by atoms with Crippen LogP contribution in [0.15, 0.2) is 24.3 Å². The number of alkyl halides is 1. The Morgan fingerprint density at radius 3 is 2.92 bits per heavy atom. The first kappa shape index (κ1) is 10.8. The maximum atomic E-state index is 12.6. The first-order valence-electron chi connectivity index (χ1n) is 3.87. The molecule has 0 heterocycles. The molecule has 0 aliphatic rings. The number of ether oxygens (including phenoxy) is 2. The first-order chi connectivity index (χ1) is 6.22. The van der Waals surface area contributed by atoms with Gasteiger partial charge in [-0.2, -0.15) is 0 Å². The molecule has 2 nitrogen and oxygen atoms in total. The Morgan fingerprint density at radius 2 is 2.31 bits per heavy atom. The van der Waals surface area contributed by atoms with E-state index in [0.29, 0.717) is 5.75 Å². The second-order valence-electron chi connectivity index (χ2n) is 2.53. The van der Waals surface area contributed by atoms with Gasteiger partial charge in [0.15, 0.2) is 0 Å². The zero-order chi connectivity index (χ0) is 9.68. The fourth-order valence-corrected chi connectivity index (χ4v) is 1.62. The van der Waals surface area contributed by atoms with E-state index in [1.54, 1.807) is 0 Å². The van der Waals surface area contributed by atoms with Crippen LogP contribution in [-0.2, 0) is 4.74 Å². The molecule has 0 aliphatic heterocycles. The molecule has 0 N–H and O–H groups in total. The van der Waals surface area contributed by atoms with Crippen molar-refractivity contribution < 1.29 is 13.9 Å². The van der Waals surface area contributed by atoms with E-state index in [2.05, 4.69) is 4.74 Å². The van der Waals surface area contributed by atoms with Gasteiger partial charge in [0.1, 0.15) is 0 Å². The third kappa shape index (κ3) is 3.95. The van der Waals surface area contributed by atoms with Crippen molar-refractivity contribution in [1.82, 2.24) is 0 Å². The molecule has 0 aliphatic carbocycles. The zero-order valence-electron chi connectivity index (χ0n) is 7.37. The molecule has 0 saturated carbocycles. The van der Waals surface area contributed by atoms with Crippen molar-refractivity contribution >= 4 is 26.1 Å². The van der Waals surface area contributed by atoms with Gasteiger partial charge in [0.2, 0.25) is 0 Å². The molecule has 13 heavy (non-hydrogen) atoms. The molecule has 70 valence electrons. The molecule has 1 unspecified atom stereocenters. The summed E-state index contributed by atoms with van der Waals surface area (Å²) in [5.41, 5.74) is 0. The van der Waals surface area contributed by atoms with E-state index < -0.39 is 6.36 Å². The van der Waals surface area contributed by atoms with Crippen molar-refractivity contribution in [3.05, 3.63) is 24.3 Å². The predicted molar refractivity (Wildman–Crippen MR) is 50.6 cm³/mol. The molecular weight excluding hydrogens is 278 g/mol. The van der Waals surface area contributed by atoms with Gasteiger partial charge in [-0.3, -0.25) is 0 Å². The molecular formula is C9H11FO2Sn. The van der Waals surface area contributed by atoms with E-state index in [0.717, 1.165) is 22.5 Å². The standard InChI is InChI=1S/C9H10FO2.Sn.H/c1-11-9(10)7-12-8-5-3-2-4-6-8;;/h2-3,5-6,9H,7H2,1H3;;. The van der Waals surface area contributed by atoms with Gasteiger partial charge in [0.25, 0.3) is 0 Å². The maximum absolute atomic E-state index is 12.6. The number of benzene rings is 1. The van der Waals surface area contributed by atoms with Crippen molar-refractivity contribution in [2.45, 2.75) is 6.36 Å². The van der Waals surface area contributed by atoms with Crippen LogP contribution < -0.4 is 8.32 Å². The summed E-state index contributed by atoms with van der Waals surface area (Å²) in [4.78, 5) is 0. The molecule has 0 spiro atoms. The molecule has 0 saturated heterocycles. The average molecular weight is 289 g/mol. The Kier molecular flexibility index (Phi) is 4.52. The van der Waals surface area contributed by atoms with Crippen LogP contribution >= 0.6 is 0 Å². The molecule has 0 fully saturated rings. The Morgan fingerprint density at radius 1 is 1.54 bits per heavy atom. The van der Waals surface area contributed by atoms with Crippen molar-refractivity contribution in [2.75, 3.05) is 13.7 Å². The quantitative estimate of drug-likeness (QED) is 0.753. The fourth-order valence-electron chi connectivity index (χ4n) is 0.834. The fraction of sp³-hybridized carbons (Fsp3) is 0.333. The molecule has 0 amide bonds. The average Bonchev–Trinajstić information content (AvgIpc) is 2.14. The van der Waals surface area contributed by atoms with Gasteiger partial charge in [0.05, 0.1) is 0 Å². The van der Waals surface area contributed by atoms with Gasteiger partial charge in [-0.1, -0.05) is 0 Å². The molecule has 4 heteroatoms. The summed E-state index contributed by atoms with van der Waals surface area (Å²) in [6, 6.07) is 7.63. The Balaban J connectivity index is 2.45. The summed E-state index contributed by atoms with van der Waals surface area (Å²) in [7, 11) is 1.32. The molecule has 1 rings (SSSR count). The topological polar surface area (TPSA) is 18.5 Å². The van der Waals surface area contributed by atoms with E-state index in [-0.39, 0.29) is 6.61 Å². The summed E-state index contributed by atoms with van der Waals surface area (Å²) in [6.07, 6.45) is -1.35. The second-order valence-corrected chi connectivity index (χ2v) is 4.43. The van der Waals surface area contributed by atoms with Crippen molar-refractivity contribution in [1.29, 1.82) is 0 Å². The number of hydrogen-bond acceptors (Lipinski definition) is 2. The molecule has 2 radical (unpaired) electrons. The van der Waals surface area contributed by atoms with Crippen LogP contribution in [0.1, 0.15) is 0 Å². The van der Waals surface area contributed by atoms with Crippen LogP contribution in [0.25, 0.3) is 0 Å². The molecule has 0 aromatic heterocycles. The van der Waals surface area contributed by atoms with Crippen LogP contribution in [-0.4, -0.2) is 42.6 Å². The zero-order valence-corrected chi connectivity index (χ0v) is 10.7. The van der Waals surface area contributed by atoms with Crippen LogP contribution in [0, 0.1) is 0 Å². The Labute approximate surface area is 90.1 Å². The van der Waals surface area contributed by atoms with Gasteiger partial charge >= 0.3 is 90.1 Å². The van der Waals surface area contributed by atoms with E-state index in [4.69, 9.17) is 4.74 Å². The Bertz CT molecular complexity index is 268. The molecule has 0 bridgehead atoms. The van der Waals surface area contributed by atoms with Gasteiger partial charge in [0, 0.05) is 0 Å². The van der Waals surface area contributed by atoms with Crippen LogP contribution in [0.5, 0.6) is 5.75 Å². The van der Waals surface area contributed by atoms with Crippen LogP contribution in [0.3, 0.4) is 0 Å². The minimum absolute atomic E-state index is 0.0550. The number of rotatable bonds is 4. The van der Waals surface area contributed by atoms with E-state index in [1.807, 2.05) is 24.3 Å². The molecule has 1 aromatic rings. The molecule has 1 atom stereocenters. The normalized spacial score (nSPS) is 12.5. The summed E-state index contributed by atoms with van der Waals surface area (Å²) in [5.74, 6) is 0.699. The number of hydrogen-bond donors (Lipinski definition) is 0. The molecule has 1 aromatic carbocycles. The van der Waals surface area contributed by atoms with Crippen molar-refractivity contribution in [2.24, 2.45) is 0 Å². The summed E-state index contributed by atoms with van der Waals surface area (Å²) < 4.78 is 23.4. The number of halogens is 1. The number of methoxy groups -OCH3 is 1. The van der Waals surface area contributed by atoms with Crippen LogP contribution in [0.4, 0.5) is 4.39 Å². The minimum atomic E-state index is -1.35. The monoisotopic (exact) mass is 290 g/mol. The predicted octanol–water partition coefficient (Wildman–Crippen LogP) is 0.533. The second kappa shape index (κ2) is 5.44. The van der Waals surface area contributed by atoms with Crippen molar-refractivity contribution in [3.63, 3.8) is 0 Å². The van der Waals surface area contributed by atoms with Gasteiger partial charge in [-0.25, -0.2) is 0 Å². The van der Waals surface area contributed by atoms with Crippen molar-refractivity contribution in [3.8, 4) is 5.75 Å². The van der Waals surface area contributed by atoms with E-state index in [9.17, 15) is 4.39 Å². The van der Waals surface area contributed by atoms with Gasteiger partial charge in [-0.05, 0) is 0 Å². The van der Waals surface area contributed by atoms with Gasteiger partial charge in [-0.15, -0.1) is 0 Å². The van der Waals surface area contributed by atoms with E-state index >= 15 is 0 Å². The summed E-state index contributed by atoms with van der Waals surface area (Å²) in [6.45, 7) is -0.0550.